The summed E-state index contributed by atoms with van der Waals surface area (Å²) in [7, 11) is 0. The van der Waals surface area contributed by atoms with E-state index < -0.39 is 22.8 Å². The summed E-state index contributed by atoms with van der Waals surface area (Å²) in [4.78, 5) is 33.1. The number of nitrogens with one attached hydrogen (secondary N) is 1. The van der Waals surface area contributed by atoms with E-state index in [2.05, 4.69) is 5.32 Å². The van der Waals surface area contributed by atoms with E-state index in [9.17, 15) is 19.7 Å². The molecular formula is C12H17N3O5. The molecule has 0 aliphatic heterocycles. The van der Waals surface area contributed by atoms with E-state index >= 15 is 0 Å². The Morgan fingerprint density at radius 3 is 2.50 bits per heavy atom. The normalized spacial score (nSPS) is 12.2. The maximum absolute atomic E-state index is 12.1. The second-order valence-corrected chi connectivity index (χ2v) is 4.61. The van der Waals surface area contributed by atoms with E-state index in [-0.39, 0.29) is 23.8 Å². The van der Waals surface area contributed by atoms with Crippen molar-refractivity contribution in [3.63, 3.8) is 0 Å². The Morgan fingerprint density at radius 1 is 1.50 bits per heavy atom. The molecule has 1 amide bonds. The van der Waals surface area contributed by atoms with Crippen molar-refractivity contribution in [1.29, 1.82) is 0 Å². The number of carboxylic acids is 1. The highest BCUT2D eigenvalue weighted by Gasteiger charge is 2.24. The van der Waals surface area contributed by atoms with Crippen molar-refractivity contribution in [2.45, 2.75) is 39.3 Å². The summed E-state index contributed by atoms with van der Waals surface area (Å²) < 4.78 is 1.45. The average Bonchev–Trinajstić information content (AvgIpc) is 2.80. The summed E-state index contributed by atoms with van der Waals surface area (Å²) >= 11 is 0. The van der Waals surface area contributed by atoms with E-state index in [0.29, 0.717) is 0 Å². The van der Waals surface area contributed by atoms with Crippen LogP contribution in [0.5, 0.6) is 0 Å². The number of hydrogen-bond acceptors (Lipinski definition) is 4. The van der Waals surface area contributed by atoms with Crippen LogP contribution in [-0.4, -0.2) is 32.5 Å². The van der Waals surface area contributed by atoms with Gasteiger partial charge in [-0.05, 0) is 20.3 Å². The zero-order valence-electron chi connectivity index (χ0n) is 11.5. The fraction of sp³-hybridized carbons (Fsp3) is 0.500. The molecule has 1 unspecified atom stereocenters. The molecule has 0 fully saturated rings. The van der Waals surface area contributed by atoms with E-state index in [4.69, 9.17) is 5.11 Å². The van der Waals surface area contributed by atoms with E-state index in [1.165, 1.54) is 10.8 Å². The lowest BCUT2D eigenvalue weighted by molar-refractivity contribution is -0.384. The summed E-state index contributed by atoms with van der Waals surface area (Å²) in [6.45, 7) is 5.17. The largest absolute Gasteiger partial charge is 0.480 e. The average molecular weight is 283 g/mol. The van der Waals surface area contributed by atoms with Gasteiger partial charge in [0.15, 0.2) is 0 Å². The molecule has 0 aromatic carbocycles. The van der Waals surface area contributed by atoms with Crippen LogP contribution in [0.1, 0.15) is 43.7 Å². The Kier molecular flexibility index (Phi) is 4.84. The molecule has 0 saturated carbocycles. The molecule has 0 aliphatic rings. The second-order valence-electron chi connectivity index (χ2n) is 4.61. The van der Waals surface area contributed by atoms with Gasteiger partial charge >= 0.3 is 5.97 Å². The fourth-order valence-electron chi connectivity index (χ4n) is 1.74. The van der Waals surface area contributed by atoms with Gasteiger partial charge in [0.25, 0.3) is 11.6 Å². The minimum absolute atomic E-state index is 0.0754. The van der Waals surface area contributed by atoms with Crippen LogP contribution >= 0.6 is 0 Å². The molecule has 0 aliphatic carbocycles. The van der Waals surface area contributed by atoms with E-state index in [0.717, 1.165) is 6.07 Å². The minimum atomic E-state index is -1.14. The predicted octanol–water partition coefficient (Wildman–Crippen LogP) is 1.57. The van der Waals surface area contributed by atoms with Crippen LogP contribution in [0.15, 0.2) is 12.3 Å². The summed E-state index contributed by atoms with van der Waals surface area (Å²) in [6, 6.07) is -0.0318. The van der Waals surface area contributed by atoms with Crippen LogP contribution in [0.4, 0.5) is 5.69 Å². The van der Waals surface area contributed by atoms with Crippen LogP contribution < -0.4 is 5.32 Å². The topological polar surface area (TPSA) is 114 Å². The molecule has 0 spiro atoms. The molecule has 2 N–H and O–H groups in total. The summed E-state index contributed by atoms with van der Waals surface area (Å²) in [5.74, 6) is -1.78. The lowest BCUT2D eigenvalue weighted by Crippen LogP contribution is -2.41. The second kappa shape index (κ2) is 6.18. The van der Waals surface area contributed by atoms with E-state index in [1.807, 2.05) is 0 Å². The molecule has 0 saturated heterocycles. The number of carbonyl (C=O) groups excluding carboxylic acids is 1. The maximum atomic E-state index is 12.1. The third-order valence-corrected chi connectivity index (χ3v) is 2.85. The Hall–Kier alpha value is -2.38. The number of nitro groups is 1. The van der Waals surface area contributed by atoms with Crippen LogP contribution in [0.2, 0.25) is 0 Å². The van der Waals surface area contributed by atoms with Gasteiger partial charge in [0.2, 0.25) is 0 Å². The van der Waals surface area contributed by atoms with Crippen molar-refractivity contribution in [2.75, 3.05) is 0 Å². The van der Waals surface area contributed by atoms with Crippen molar-refractivity contribution in [1.82, 2.24) is 9.88 Å². The number of carbonyl (C=O) groups is 2. The zero-order chi connectivity index (χ0) is 15.4. The molecule has 1 atom stereocenters. The molecule has 1 aromatic heterocycles. The number of amides is 1. The Morgan fingerprint density at radius 2 is 2.10 bits per heavy atom. The summed E-state index contributed by atoms with van der Waals surface area (Å²) in [6.07, 6.45) is 1.49. The molecular weight excluding hydrogens is 266 g/mol. The van der Waals surface area contributed by atoms with E-state index in [1.54, 1.807) is 20.8 Å². The SMILES string of the molecule is CCC(NC(=O)c1cc([N+](=O)[O-])cn1C(C)C)C(=O)O. The lowest BCUT2D eigenvalue weighted by atomic mass is 10.2. The van der Waals surface area contributed by atoms with Crippen molar-refractivity contribution in [3.8, 4) is 0 Å². The lowest BCUT2D eigenvalue weighted by Gasteiger charge is -2.15. The summed E-state index contributed by atoms with van der Waals surface area (Å²) in [5.41, 5.74) is -0.126. The first-order chi connectivity index (χ1) is 9.27. The Bertz CT molecular complexity index is 535. The fourth-order valence-corrected chi connectivity index (χ4v) is 1.74. The van der Waals surface area contributed by atoms with Gasteiger partial charge in [-0.15, -0.1) is 0 Å². The van der Waals surface area contributed by atoms with Crippen LogP contribution in [0.25, 0.3) is 0 Å². The first kappa shape index (κ1) is 15.7. The first-order valence-corrected chi connectivity index (χ1v) is 6.17. The molecule has 8 nitrogen and oxygen atoms in total. The van der Waals surface area contributed by atoms with Crippen molar-refractivity contribution >= 4 is 17.6 Å². The number of hydrogen-bond donors (Lipinski definition) is 2. The highest BCUT2D eigenvalue weighted by atomic mass is 16.6. The van der Waals surface area contributed by atoms with Crippen molar-refractivity contribution < 1.29 is 19.6 Å². The molecule has 1 heterocycles. The van der Waals surface area contributed by atoms with Gasteiger partial charge in [-0.1, -0.05) is 6.92 Å². The highest BCUT2D eigenvalue weighted by Crippen LogP contribution is 2.20. The van der Waals surface area contributed by atoms with Gasteiger partial charge in [-0.25, -0.2) is 4.79 Å². The van der Waals surface area contributed by atoms with Gasteiger partial charge in [-0.2, -0.15) is 0 Å². The molecule has 110 valence electrons. The third kappa shape index (κ3) is 3.34. The van der Waals surface area contributed by atoms with Crippen LogP contribution in [0, 0.1) is 10.1 Å². The number of nitrogens with zero attached hydrogens (tertiary/aromatic N) is 2. The number of carboxylic acid groups (broad SMARTS) is 1. The maximum Gasteiger partial charge on any atom is 0.326 e. The van der Waals surface area contributed by atoms with Gasteiger partial charge in [0.1, 0.15) is 11.7 Å². The summed E-state index contributed by atoms with van der Waals surface area (Å²) in [5, 5.41) is 22.0. The third-order valence-electron chi connectivity index (χ3n) is 2.85. The number of rotatable bonds is 6. The highest BCUT2D eigenvalue weighted by molar-refractivity contribution is 5.96. The molecule has 1 rings (SSSR count). The van der Waals surface area contributed by atoms with Gasteiger partial charge < -0.3 is 15.0 Å². The molecule has 0 bridgehead atoms. The molecule has 8 heteroatoms. The first-order valence-electron chi connectivity index (χ1n) is 6.17. The quantitative estimate of drug-likeness (QED) is 0.607. The zero-order valence-corrected chi connectivity index (χ0v) is 11.5. The minimum Gasteiger partial charge on any atom is -0.480 e. The van der Waals surface area contributed by atoms with Crippen molar-refractivity contribution in [3.05, 3.63) is 28.1 Å². The Balaban J connectivity index is 3.08. The molecule has 20 heavy (non-hydrogen) atoms. The number of aliphatic carboxylic acids is 1. The predicted molar refractivity (Wildman–Crippen MR) is 70.7 cm³/mol. The van der Waals surface area contributed by atoms with Crippen LogP contribution in [0.3, 0.4) is 0 Å². The molecule has 1 aromatic rings. The van der Waals surface area contributed by atoms with Gasteiger partial charge in [0, 0.05) is 12.1 Å². The van der Waals surface area contributed by atoms with Gasteiger partial charge in [-0.3, -0.25) is 14.9 Å². The standard InChI is InChI=1S/C12H17N3O5/c1-4-9(12(17)18)13-11(16)10-5-8(15(19)20)6-14(10)7(2)3/h5-7,9H,4H2,1-3H3,(H,13,16)(H,17,18). The molecule has 0 radical (unpaired) electrons. The smallest absolute Gasteiger partial charge is 0.326 e. The Labute approximate surface area is 115 Å². The number of aromatic nitrogens is 1. The van der Waals surface area contributed by atoms with Crippen LogP contribution in [-0.2, 0) is 4.79 Å². The van der Waals surface area contributed by atoms with Crippen molar-refractivity contribution in [2.24, 2.45) is 0 Å². The monoisotopic (exact) mass is 283 g/mol. The van der Waals surface area contributed by atoms with Gasteiger partial charge in [0.05, 0.1) is 11.1 Å².